The lowest BCUT2D eigenvalue weighted by Crippen LogP contribution is -2.30. The van der Waals surface area contributed by atoms with Gasteiger partial charge in [0.25, 0.3) is 0 Å². The number of hydrogen-bond acceptors (Lipinski definition) is 4. The van der Waals surface area contributed by atoms with Crippen molar-refractivity contribution in [3.05, 3.63) is 46.7 Å². The van der Waals surface area contributed by atoms with Crippen molar-refractivity contribution in [2.24, 2.45) is 0 Å². The maximum absolute atomic E-state index is 15.7. The third-order valence-corrected chi connectivity index (χ3v) is 5.67. The minimum absolute atomic E-state index is 0.0371. The van der Waals surface area contributed by atoms with Crippen LogP contribution in [-0.2, 0) is 5.88 Å². The molecule has 2 heterocycles. The van der Waals surface area contributed by atoms with E-state index in [9.17, 15) is 4.39 Å². The van der Waals surface area contributed by atoms with E-state index in [2.05, 4.69) is 14.9 Å². The van der Waals surface area contributed by atoms with Crippen LogP contribution >= 0.6 is 23.2 Å². The minimum Gasteiger partial charge on any atom is -0.496 e. The number of halogens is 4. The highest BCUT2D eigenvalue weighted by atomic mass is 35.5. The Bertz CT molecular complexity index is 1070. The van der Waals surface area contributed by atoms with E-state index in [4.69, 9.17) is 27.9 Å². The molecule has 2 aromatic carbocycles. The summed E-state index contributed by atoms with van der Waals surface area (Å²) in [5.74, 6) is -0.203. The Morgan fingerprint density at radius 1 is 1.10 bits per heavy atom. The maximum Gasteiger partial charge on any atom is 0.159 e. The average Bonchev–Trinajstić information content (AvgIpc) is 2.75. The molecule has 0 aliphatic carbocycles. The molecule has 0 radical (unpaired) electrons. The number of rotatable bonds is 4. The molecular weight excluding hydrogens is 419 g/mol. The third kappa shape index (κ3) is 3.60. The summed E-state index contributed by atoms with van der Waals surface area (Å²) >= 11 is 12.4. The van der Waals surface area contributed by atoms with Crippen molar-refractivity contribution >= 4 is 39.9 Å². The van der Waals surface area contributed by atoms with Crippen LogP contribution in [0.2, 0.25) is 5.02 Å². The summed E-state index contributed by atoms with van der Waals surface area (Å²) in [4.78, 5) is 10.9. The summed E-state index contributed by atoms with van der Waals surface area (Å²) < 4.78 is 35.6. The largest absolute Gasteiger partial charge is 0.496 e. The summed E-state index contributed by atoms with van der Waals surface area (Å²) in [5, 5.41) is 0.557. The topological polar surface area (TPSA) is 38.2 Å². The van der Waals surface area contributed by atoms with Crippen LogP contribution in [0.3, 0.4) is 0 Å². The van der Waals surface area contributed by atoms with E-state index < -0.39 is 11.6 Å². The Balaban J connectivity index is 2.01. The molecule has 0 bridgehead atoms. The molecule has 0 spiro atoms. The van der Waals surface area contributed by atoms with E-state index in [1.807, 2.05) is 0 Å². The first kappa shape index (κ1) is 20.1. The van der Waals surface area contributed by atoms with Crippen LogP contribution < -0.4 is 9.64 Å². The number of piperidine rings is 1. The Morgan fingerprint density at radius 2 is 1.86 bits per heavy atom. The predicted molar refractivity (Wildman–Crippen MR) is 112 cm³/mol. The van der Waals surface area contributed by atoms with Crippen LogP contribution in [-0.4, -0.2) is 30.2 Å². The van der Waals surface area contributed by atoms with Gasteiger partial charge in [-0.25, -0.2) is 18.7 Å². The third-order valence-electron chi connectivity index (χ3n) is 5.13. The van der Waals surface area contributed by atoms with Crippen LogP contribution in [0.1, 0.15) is 25.1 Å². The highest BCUT2D eigenvalue weighted by molar-refractivity contribution is 6.34. The first-order valence-electron chi connectivity index (χ1n) is 9.37. The quantitative estimate of drug-likeness (QED) is 0.471. The number of hydrogen-bond donors (Lipinski definition) is 0. The van der Waals surface area contributed by atoms with E-state index in [-0.39, 0.29) is 33.3 Å². The van der Waals surface area contributed by atoms with Gasteiger partial charge >= 0.3 is 0 Å². The first-order chi connectivity index (χ1) is 14.0. The fraction of sp³-hybridized carbons (Fsp3) is 0.333. The number of benzene rings is 2. The molecule has 1 saturated heterocycles. The Labute approximate surface area is 177 Å². The molecule has 0 unspecified atom stereocenters. The fourth-order valence-corrected chi connectivity index (χ4v) is 4.18. The molecular formula is C21H19Cl2F2N3O. The maximum atomic E-state index is 15.7. The highest BCUT2D eigenvalue weighted by Crippen LogP contribution is 2.42. The average molecular weight is 438 g/mol. The van der Waals surface area contributed by atoms with Crippen LogP contribution in [0, 0.1) is 11.6 Å². The molecule has 4 nitrogen and oxygen atoms in total. The van der Waals surface area contributed by atoms with Gasteiger partial charge in [-0.2, -0.15) is 0 Å². The molecule has 29 heavy (non-hydrogen) atoms. The second-order valence-electron chi connectivity index (χ2n) is 6.91. The van der Waals surface area contributed by atoms with Crippen LogP contribution in [0.15, 0.2) is 24.3 Å². The molecule has 1 fully saturated rings. The zero-order valence-electron chi connectivity index (χ0n) is 15.8. The van der Waals surface area contributed by atoms with Gasteiger partial charge in [0, 0.05) is 24.0 Å². The lowest BCUT2D eigenvalue weighted by atomic mass is 10.0. The molecule has 3 aromatic rings. The molecule has 0 atom stereocenters. The van der Waals surface area contributed by atoms with E-state index >= 15 is 4.39 Å². The lowest BCUT2D eigenvalue weighted by Gasteiger charge is -2.29. The van der Waals surface area contributed by atoms with Gasteiger partial charge in [-0.15, -0.1) is 11.6 Å². The first-order valence-corrected chi connectivity index (χ1v) is 10.3. The van der Waals surface area contributed by atoms with E-state index in [1.54, 1.807) is 12.1 Å². The van der Waals surface area contributed by atoms with Gasteiger partial charge in [-0.3, -0.25) is 0 Å². The Kier molecular flexibility index (Phi) is 5.74. The van der Waals surface area contributed by atoms with Gasteiger partial charge in [0.1, 0.15) is 28.7 Å². The van der Waals surface area contributed by atoms with Crippen molar-refractivity contribution < 1.29 is 13.5 Å². The van der Waals surface area contributed by atoms with Gasteiger partial charge in [0.05, 0.1) is 23.6 Å². The fourth-order valence-electron chi connectivity index (χ4n) is 3.78. The molecule has 1 aliphatic rings. The highest BCUT2D eigenvalue weighted by Gasteiger charge is 2.25. The van der Waals surface area contributed by atoms with Crippen molar-refractivity contribution in [3.8, 4) is 16.9 Å². The van der Waals surface area contributed by atoms with Crippen molar-refractivity contribution in [3.63, 3.8) is 0 Å². The second kappa shape index (κ2) is 8.28. The van der Waals surface area contributed by atoms with Gasteiger partial charge < -0.3 is 9.64 Å². The number of fused-ring (bicyclic) bond motifs is 1. The van der Waals surface area contributed by atoms with Crippen molar-refractivity contribution in [2.75, 3.05) is 25.1 Å². The number of ether oxygens (including phenoxy) is 1. The molecule has 0 amide bonds. The summed E-state index contributed by atoms with van der Waals surface area (Å²) in [6, 6.07) is 5.89. The zero-order chi connectivity index (χ0) is 20.5. The van der Waals surface area contributed by atoms with Crippen LogP contribution in [0.25, 0.3) is 22.0 Å². The monoisotopic (exact) mass is 437 g/mol. The smallest absolute Gasteiger partial charge is 0.159 e. The number of methoxy groups -OCH3 is 1. The Hall–Kier alpha value is -2.18. The zero-order valence-corrected chi connectivity index (χ0v) is 17.3. The molecule has 0 saturated carbocycles. The number of nitrogens with zero attached hydrogens (tertiary/aromatic N) is 3. The van der Waals surface area contributed by atoms with Crippen molar-refractivity contribution in [1.82, 2.24) is 9.97 Å². The molecule has 1 aliphatic heterocycles. The normalized spacial score (nSPS) is 14.4. The molecule has 1 aromatic heterocycles. The van der Waals surface area contributed by atoms with Crippen molar-refractivity contribution in [2.45, 2.75) is 25.1 Å². The summed E-state index contributed by atoms with van der Waals surface area (Å²) in [5.41, 5.74) is -0.0520. The summed E-state index contributed by atoms with van der Waals surface area (Å²) in [6.45, 7) is 1.63. The van der Waals surface area contributed by atoms with Gasteiger partial charge in [-0.05, 0) is 37.5 Å². The number of aromatic nitrogens is 2. The van der Waals surface area contributed by atoms with E-state index in [1.165, 1.54) is 19.2 Å². The van der Waals surface area contributed by atoms with E-state index in [0.29, 0.717) is 17.0 Å². The van der Waals surface area contributed by atoms with Gasteiger partial charge in [0.2, 0.25) is 0 Å². The molecule has 4 rings (SSSR count). The van der Waals surface area contributed by atoms with Crippen LogP contribution in [0.5, 0.6) is 5.75 Å². The standard InChI is InChI=1S/C21H19Cl2F2N3O/c1-29-15-7-5-6-14(24)18(15)17-13(23)10-12-20(19(17)25)26-16(11-22)27-21(12)28-8-3-2-4-9-28/h5-7,10H,2-4,8-9,11H2,1H3. The number of alkyl halides is 1. The van der Waals surface area contributed by atoms with Gasteiger partial charge in [0.15, 0.2) is 5.82 Å². The minimum atomic E-state index is -0.720. The SMILES string of the molecule is COc1cccc(F)c1-c1c(Cl)cc2c(N3CCCCC3)nc(CCl)nc2c1F. The van der Waals surface area contributed by atoms with Crippen LogP contribution in [0.4, 0.5) is 14.6 Å². The number of anilines is 1. The lowest BCUT2D eigenvalue weighted by molar-refractivity contribution is 0.413. The van der Waals surface area contributed by atoms with E-state index in [0.717, 1.165) is 32.4 Å². The molecule has 8 heteroatoms. The Morgan fingerprint density at radius 3 is 2.55 bits per heavy atom. The summed E-state index contributed by atoms with van der Waals surface area (Å²) in [6.07, 6.45) is 3.21. The van der Waals surface area contributed by atoms with Crippen molar-refractivity contribution in [1.29, 1.82) is 0 Å². The van der Waals surface area contributed by atoms with Gasteiger partial charge in [-0.1, -0.05) is 17.7 Å². The predicted octanol–water partition coefficient (Wildman–Crippen LogP) is 5.97. The second-order valence-corrected chi connectivity index (χ2v) is 7.58. The molecule has 152 valence electrons. The summed E-state index contributed by atoms with van der Waals surface area (Å²) in [7, 11) is 1.40. The molecule has 0 N–H and O–H groups in total.